The van der Waals surface area contributed by atoms with Crippen molar-refractivity contribution in [2.75, 3.05) is 38.0 Å². The fourth-order valence-electron chi connectivity index (χ4n) is 4.41. The number of nitrogens with zero attached hydrogens (tertiary/aromatic N) is 2. The molecule has 2 fully saturated rings. The van der Waals surface area contributed by atoms with E-state index in [4.69, 9.17) is 0 Å². The number of amides is 2. The SMILES string of the molecule is C[C@H]1C[C@H](C)CN(CC2CCN(C(=O)Nc3cc(F)ccc3F)CC2)C1. The molecular weight excluding hydrogens is 336 g/mol. The van der Waals surface area contributed by atoms with Crippen LogP contribution in [-0.4, -0.2) is 48.6 Å². The van der Waals surface area contributed by atoms with Crippen LogP contribution in [0.5, 0.6) is 0 Å². The molecule has 0 aromatic heterocycles. The third-order valence-corrected chi connectivity index (χ3v) is 5.53. The summed E-state index contributed by atoms with van der Waals surface area (Å²) >= 11 is 0. The van der Waals surface area contributed by atoms with E-state index in [2.05, 4.69) is 24.1 Å². The van der Waals surface area contributed by atoms with Crippen molar-refractivity contribution in [2.24, 2.45) is 17.8 Å². The molecule has 2 amide bonds. The molecule has 2 aliphatic heterocycles. The predicted octanol–water partition coefficient (Wildman–Crippen LogP) is 4.19. The van der Waals surface area contributed by atoms with Crippen molar-refractivity contribution in [3.05, 3.63) is 29.8 Å². The summed E-state index contributed by atoms with van der Waals surface area (Å²) in [6.45, 7) is 9.40. The van der Waals surface area contributed by atoms with E-state index < -0.39 is 11.6 Å². The van der Waals surface area contributed by atoms with E-state index in [0.29, 0.717) is 19.0 Å². The first-order chi connectivity index (χ1) is 12.4. The lowest BCUT2D eigenvalue weighted by atomic mass is 9.89. The molecule has 3 rings (SSSR count). The minimum atomic E-state index is -0.622. The molecule has 2 saturated heterocycles. The largest absolute Gasteiger partial charge is 0.325 e. The monoisotopic (exact) mass is 365 g/mol. The van der Waals surface area contributed by atoms with Crippen molar-refractivity contribution in [1.82, 2.24) is 9.80 Å². The zero-order valence-corrected chi connectivity index (χ0v) is 15.7. The van der Waals surface area contributed by atoms with E-state index in [1.54, 1.807) is 4.90 Å². The van der Waals surface area contributed by atoms with E-state index in [0.717, 1.165) is 49.4 Å². The minimum absolute atomic E-state index is 0.103. The third-order valence-electron chi connectivity index (χ3n) is 5.53. The topological polar surface area (TPSA) is 35.6 Å². The third kappa shape index (κ3) is 4.93. The lowest BCUT2D eigenvalue weighted by Gasteiger charge is -2.39. The highest BCUT2D eigenvalue weighted by Crippen LogP contribution is 2.25. The van der Waals surface area contributed by atoms with Crippen LogP contribution in [0.2, 0.25) is 0 Å². The summed E-state index contributed by atoms with van der Waals surface area (Å²) < 4.78 is 26.9. The molecule has 2 heterocycles. The van der Waals surface area contributed by atoms with Gasteiger partial charge in [-0.15, -0.1) is 0 Å². The fraction of sp³-hybridized carbons (Fsp3) is 0.650. The van der Waals surface area contributed by atoms with Crippen molar-refractivity contribution >= 4 is 11.7 Å². The molecule has 0 bridgehead atoms. The molecule has 0 radical (unpaired) electrons. The van der Waals surface area contributed by atoms with Gasteiger partial charge in [0.15, 0.2) is 0 Å². The molecule has 0 saturated carbocycles. The molecule has 0 unspecified atom stereocenters. The Hall–Kier alpha value is -1.69. The average molecular weight is 365 g/mol. The Labute approximate surface area is 154 Å². The van der Waals surface area contributed by atoms with Gasteiger partial charge >= 0.3 is 6.03 Å². The van der Waals surface area contributed by atoms with Crippen LogP contribution < -0.4 is 5.32 Å². The summed E-state index contributed by atoms with van der Waals surface area (Å²) in [5.41, 5.74) is -0.103. The first kappa shape index (κ1) is 19.1. The fourth-order valence-corrected chi connectivity index (χ4v) is 4.41. The second-order valence-electron chi connectivity index (χ2n) is 8.15. The molecule has 6 heteroatoms. The Morgan fingerprint density at radius 2 is 1.81 bits per heavy atom. The number of benzene rings is 1. The molecule has 2 aliphatic rings. The molecule has 0 spiro atoms. The minimum Gasteiger partial charge on any atom is -0.325 e. The number of hydrogen-bond acceptors (Lipinski definition) is 2. The number of anilines is 1. The van der Waals surface area contributed by atoms with Gasteiger partial charge in [0.1, 0.15) is 11.6 Å². The van der Waals surface area contributed by atoms with Gasteiger partial charge in [0, 0.05) is 38.8 Å². The van der Waals surface area contributed by atoms with Crippen LogP contribution in [0.4, 0.5) is 19.3 Å². The number of rotatable bonds is 3. The van der Waals surface area contributed by atoms with Gasteiger partial charge in [-0.2, -0.15) is 0 Å². The van der Waals surface area contributed by atoms with Crippen molar-refractivity contribution in [2.45, 2.75) is 33.1 Å². The quantitative estimate of drug-likeness (QED) is 0.872. The van der Waals surface area contributed by atoms with E-state index in [9.17, 15) is 13.6 Å². The Balaban J connectivity index is 1.47. The maximum absolute atomic E-state index is 13.7. The Kier molecular flexibility index (Phi) is 6.12. The van der Waals surface area contributed by atoms with Crippen LogP contribution in [0.3, 0.4) is 0 Å². The van der Waals surface area contributed by atoms with Crippen molar-refractivity contribution < 1.29 is 13.6 Å². The van der Waals surface area contributed by atoms with Gasteiger partial charge in [-0.3, -0.25) is 0 Å². The van der Waals surface area contributed by atoms with E-state index in [1.165, 1.54) is 19.5 Å². The van der Waals surface area contributed by atoms with Crippen LogP contribution in [0.1, 0.15) is 33.1 Å². The lowest BCUT2D eigenvalue weighted by Crippen LogP contribution is -2.46. The van der Waals surface area contributed by atoms with Crippen LogP contribution in [0, 0.1) is 29.4 Å². The number of nitrogens with one attached hydrogen (secondary N) is 1. The Bertz CT molecular complexity index is 621. The van der Waals surface area contributed by atoms with Crippen LogP contribution in [0.15, 0.2) is 18.2 Å². The standard InChI is InChI=1S/C20H29F2N3O/c1-14-9-15(2)12-24(11-14)13-16-5-7-25(8-6-16)20(26)23-19-10-17(21)3-4-18(19)22/h3-4,10,14-16H,5-9,11-13H2,1-2H3,(H,23,26)/t14-,15-/m0/s1. The molecule has 1 N–H and O–H groups in total. The first-order valence-electron chi connectivity index (χ1n) is 9.64. The summed E-state index contributed by atoms with van der Waals surface area (Å²) in [6, 6.07) is 2.73. The summed E-state index contributed by atoms with van der Waals surface area (Å²) in [6.07, 6.45) is 3.22. The van der Waals surface area contributed by atoms with Gasteiger partial charge in [-0.1, -0.05) is 13.8 Å². The zero-order chi connectivity index (χ0) is 18.7. The molecule has 144 valence electrons. The molecule has 1 aromatic rings. The average Bonchev–Trinajstić information content (AvgIpc) is 2.58. The van der Waals surface area contributed by atoms with Gasteiger partial charge in [0.05, 0.1) is 5.69 Å². The second-order valence-corrected chi connectivity index (χ2v) is 8.15. The van der Waals surface area contributed by atoms with Gasteiger partial charge < -0.3 is 15.1 Å². The number of piperidine rings is 2. The molecule has 4 nitrogen and oxygen atoms in total. The van der Waals surface area contributed by atoms with Crippen LogP contribution >= 0.6 is 0 Å². The smallest absolute Gasteiger partial charge is 0.321 e. The van der Waals surface area contributed by atoms with Crippen LogP contribution in [0.25, 0.3) is 0 Å². The Morgan fingerprint density at radius 1 is 1.15 bits per heavy atom. The number of hydrogen-bond donors (Lipinski definition) is 1. The first-order valence-corrected chi connectivity index (χ1v) is 9.64. The second kappa shape index (κ2) is 8.33. The normalized spacial score (nSPS) is 25.3. The van der Waals surface area contributed by atoms with Crippen molar-refractivity contribution in [1.29, 1.82) is 0 Å². The summed E-state index contributed by atoms with van der Waals surface area (Å²) in [7, 11) is 0. The maximum Gasteiger partial charge on any atom is 0.321 e. The van der Waals surface area contributed by atoms with Gasteiger partial charge in [-0.05, 0) is 49.1 Å². The molecule has 1 aromatic carbocycles. The lowest BCUT2D eigenvalue weighted by molar-refractivity contribution is 0.101. The highest BCUT2D eigenvalue weighted by Gasteiger charge is 2.27. The van der Waals surface area contributed by atoms with E-state index in [1.807, 2.05) is 0 Å². The van der Waals surface area contributed by atoms with E-state index >= 15 is 0 Å². The molecule has 0 aliphatic carbocycles. The molecule has 26 heavy (non-hydrogen) atoms. The Morgan fingerprint density at radius 3 is 2.46 bits per heavy atom. The maximum atomic E-state index is 13.7. The summed E-state index contributed by atoms with van der Waals surface area (Å²) in [5, 5.41) is 2.49. The van der Waals surface area contributed by atoms with Gasteiger partial charge in [0.2, 0.25) is 0 Å². The summed E-state index contributed by atoms with van der Waals surface area (Å²) in [5.74, 6) is 0.924. The van der Waals surface area contributed by atoms with Crippen molar-refractivity contribution in [3.63, 3.8) is 0 Å². The molecule has 2 atom stereocenters. The number of halogens is 2. The highest BCUT2D eigenvalue weighted by atomic mass is 19.1. The van der Waals surface area contributed by atoms with E-state index in [-0.39, 0.29) is 11.7 Å². The van der Waals surface area contributed by atoms with Gasteiger partial charge in [-0.25, -0.2) is 13.6 Å². The van der Waals surface area contributed by atoms with Gasteiger partial charge in [0.25, 0.3) is 0 Å². The van der Waals surface area contributed by atoms with Crippen molar-refractivity contribution in [3.8, 4) is 0 Å². The predicted molar refractivity (Wildman–Crippen MR) is 99.1 cm³/mol. The number of urea groups is 1. The summed E-state index contributed by atoms with van der Waals surface area (Å²) in [4.78, 5) is 16.6. The van der Waals surface area contributed by atoms with Crippen LogP contribution in [-0.2, 0) is 0 Å². The number of carbonyl (C=O) groups excluding carboxylic acids is 1. The zero-order valence-electron chi connectivity index (χ0n) is 15.7. The molecular formula is C20H29F2N3O. The number of carbonyl (C=O) groups is 1. The number of likely N-dealkylation sites (tertiary alicyclic amines) is 2. The highest BCUT2D eigenvalue weighted by molar-refractivity contribution is 5.89.